The molecule has 0 saturated heterocycles. The maximum atomic E-state index is 11.2. The lowest BCUT2D eigenvalue weighted by atomic mass is 10.1. The molecule has 4 nitrogen and oxygen atoms in total. The Morgan fingerprint density at radius 3 is 2.31 bits per heavy atom. The fourth-order valence-electron chi connectivity index (χ4n) is 0.725. The molecule has 0 bridgehead atoms. The Hall–Kier alpha value is -0.610. The van der Waals surface area contributed by atoms with Crippen LogP contribution >= 0.6 is 0 Å². The molecule has 4 heteroatoms. The standard InChI is InChI=1S/C9H20N2O2/c1-6(2)8(12)5-11-9(13)7(3)10-4/h6-8,10,12H,5H2,1-4H3,(H,11,13). The molecule has 0 spiro atoms. The molecule has 0 saturated carbocycles. The van der Waals surface area contributed by atoms with Gasteiger partial charge in [0.05, 0.1) is 12.1 Å². The maximum absolute atomic E-state index is 11.2. The fourth-order valence-corrected chi connectivity index (χ4v) is 0.725. The van der Waals surface area contributed by atoms with Gasteiger partial charge in [-0.1, -0.05) is 13.8 Å². The van der Waals surface area contributed by atoms with Crippen molar-refractivity contribution in [2.45, 2.75) is 32.9 Å². The lowest BCUT2D eigenvalue weighted by molar-refractivity contribution is -0.123. The summed E-state index contributed by atoms with van der Waals surface area (Å²) in [6, 6.07) is -0.209. The third kappa shape index (κ3) is 4.85. The molecule has 0 aromatic carbocycles. The van der Waals surface area contributed by atoms with Crippen molar-refractivity contribution in [3.8, 4) is 0 Å². The van der Waals surface area contributed by atoms with E-state index in [2.05, 4.69) is 10.6 Å². The van der Waals surface area contributed by atoms with Crippen LogP contribution in [0.4, 0.5) is 0 Å². The molecule has 0 aromatic heterocycles. The fraction of sp³-hybridized carbons (Fsp3) is 0.889. The molecule has 0 aliphatic rings. The zero-order valence-electron chi connectivity index (χ0n) is 8.79. The summed E-state index contributed by atoms with van der Waals surface area (Å²) in [5.74, 6) is 0.0902. The largest absolute Gasteiger partial charge is 0.391 e. The highest BCUT2D eigenvalue weighted by Crippen LogP contribution is 1.98. The summed E-state index contributed by atoms with van der Waals surface area (Å²) in [6.07, 6.45) is -0.465. The van der Waals surface area contributed by atoms with Crippen molar-refractivity contribution in [1.82, 2.24) is 10.6 Å². The number of carbonyl (C=O) groups is 1. The van der Waals surface area contributed by atoms with Crippen LogP contribution < -0.4 is 10.6 Å². The van der Waals surface area contributed by atoms with Gasteiger partial charge in [0.1, 0.15) is 0 Å². The van der Waals surface area contributed by atoms with Gasteiger partial charge in [-0.15, -0.1) is 0 Å². The molecular formula is C9H20N2O2. The van der Waals surface area contributed by atoms with E-state index in [0.717, 1.165) is 0 Å². The van der Waals surface area contributed by atoms with Crippen molar-refractivity contribution in [2.75, 3.05) is 13.6 Å². The summed E-state index contributed by atoms with van der Waals surface area (Å²) in [5.41, 5.74) is 0. The second-order valence-electron chi connectivity index (χ2n) is 3.57. The molecule has 13 heavy (non-hydrogen) atoms. The van der Waals surface area contributed by atoms with Gasteiger partial charge in [-0.05, 0) is 19.9 Å². The van der Waals surface area contributed by atoms with Crippen molar-refractivity contribution in [2.24, 2.45) is 5.92 Å². The molecule has 0 aromatic rings. The van der Waals surface area contributed by atoms with Crippen LogP contribution in [0, 0.1) is 5.92 Å². The predicted octanol–water partition coefficient (Wildman–Crippen LogP) is -0.273. The van der Waals surface area contributed by atoms with E-state index in [4.69, 9.17) is 0 Å². The van der Waals surface area contributed by atoms with Crippen molar-refractivity contribution in [3.05, 3.63) is 0 Å². The molecule has 2 unspecified atom stereocenters. The summed E-state index contributed by atoms with van der Waals surface area (Å²) < 4.78 is 0. The predicted molar refractivity (Wildman–Crippen MR) is 52.4 cm³/mol. The first-order chi connectivity index (χ1) is 5.99. The lowest BCUT2D eigenvalue weighted by Gasteiger charge is -2.17. The topological polar surface area (TPSA) is 61.4 Å². The van der Waals surface area contributed by atoms with Gasteiger partial charge in [-0.25, -0.2) is 0 Å². The Morgan fingerprint density at radius 2 is 1.92 bits per heavy atom. The number of hydrogen-bond acceptors (Lipinski definition) is 3. The van der Waals surface area contributed by atoms with E-state index in [-0.39, 0.29) is 17.9 Å². The van der Waals surface area contributed by atoms with Crippen molar-refractivity contribution in [1.29, 1.82) is 0 Å². The van der Waals surface area contributed by atoms with Crippen LogP contribution in [0.25, 0.3) is 0 Å². The third-order valence-corrected chi connectivity index (χ3v) is 2.08. The van der Waals surface area contributed by atoms with E-state index in [0.29, 0.717) is 6.54 Å². The van der Waals surface area contributed by atoms with Gasteiger partial charge in [0.2, 0.25) is 5.91 Å². The van der Waals surface area contributed by atoms with Crippen molar-refractivity contribution >= 4 is 5.91 Å². The van der Waals surface area contributed by atoms with Crippen LogP contribution in [0.2, 0.25) is 0 Å². The van der Waals surface area contributed by atoms with Crippen LogP contribution in [0.5, 0.6) is 0 Å². The lowest BCUT2D eigenvalue weighted by Crippen LogP contribution is -2.44. The van der Waals surface area contributed by atoms with Crippen molar-refractivity contribution in [3.63, 3.8) is 0 Å². The first kappa shape index (κ1) is 12.4. The van der Waals surface area contributed by atoms with E-state index in [1.165, 1.54) is 0 Å². The molecule has 1 amide bonds. The molecule has 3 N–H and O–H groups in total. The molecule has 0 rings (SSSR count). The third-order valence-electron chi connectivity index (χ3n) is 2.08. The van der Waals surface area contributed by atoms with Crippen LogP contribution in [0.1, 0.15) is 20.8 Å². The van der Waals surface area contributed by atoms with Gasteiger partial charge in [-0.2, -0.15) is 0 Å². The minimum Gasteiger partial charge on any atom is -0.391 e. The van der Waals surface area contributed by atoms with Gasteiger partial charge in [0, 0.05) is 6.54 Å². The monoisotopic (exact) mass is 188 g/mol. The van der Waals surface area contributed by atoms with Gasteiger partial charge in [-0.3, -0.25) is 4.79 Å². The highest BCUT2D eigenvalue weighted by atomic mass is 16.3. The average Bonchev–Trinajstić information content (AvgIpc) is 2.11. The molecule has 0 fully saturated rings. The number of rotatable bonds is 5. The summed E-state index contributed by atoms with van der Waals surface area (Å²) >= 11 is 0. The first-order valence-electron chi connectivity index (χ1n) is 4.62. The van der Waals surface area contributed by atoms with E-state index in [1.807, 2.05) is 13.8 Å². The minimum absolute atomic E-state index is 0.0813. The van der Waals surface area contributed by atoms with E-state index < -0.39 is 6.10 Å². The SMILES string of the molecule is CNC(C)C(=O)NCC(O)C(C)C. The smallest absolute Gasteiger partial charge is 0.236 e. The number of carbonyl (C=O) groups excluding carboxylic acids is 1. The number of hydrogen-bond donors (Lipinski definition) is 3. The van der Waals surface area contributed by atoms with Crippen LogP contribution in [-0.2, 0) is 4.79 Å². The zero-order chi connectivity index (χ0) is 10.4. The maximum Gasteiger partial charge on any atom is 0.236 e. The normalized spacial score (nSPS) is 15.5. The molecular weight excluding hydrogens is 168 g/mol. The Balaban J connectivity index is 3.70. The zero-order valence-corrected chi connectivity index (χ0v) is 8.79. The van der Waals surface area contributed by atoms with Gasteiger partial charge >= 0.3 is 0 Å². The molecule has 0 radical (unpaired) electrons. The van der Waals surface area contributed by atoms with E-state index in [1.54, 1.807) is 14.0 Å². The quantitative estimate of drug-likeness (QED) is 0.556. The van der Waals surface area contributed by atoms with E-state index in [9.17, 15) is 9.90 Å². The highest BCUT2D eigenvalue weighted by molar-refractivity contribution is 5.81. The second kappa shape index (κ2) is 5.94. The minimum atomic E-state index is -0.465. The number of aliphatic hydroxyl groups is 1. The first-order valence-corrected chi connectivity index (χ1v) is 4.62. The summed E-state index contributed by atoms with van der Waals surface area (Å²) in [5, 5.41) is 14.9. The summed E-state index contributed by atoms with van der Waals surface area (Å²) in [4.78, 5) is 11.2. The summed E-state index contributed by atoms with van der Waals surface area (Å²) in [7, 11) is 1.73. The van der Waals surface area contributed by atoms with Crippen molar-refractivity contribution < 1.29 is 9.90 Å². The van der Waals surface area contributed by atoms with E-state index >= 15 is 0 Å². The molecule has 78 valence electrons. The van der Waals surface area contributed by atoms with Gasteiger partial charge in [0.25, 0.3) is 0 Å². The second-order valence-corrected chi connectivity index (χ2v) is 3.57. The average molecular weight is 188 g/mol. The van der Waals surface area contributed by atoms with Gasteiger partial charge in [0.15, 0.2) is 0 Å². The number of aliphatic hydroxyl groups excluding tert-OH is 1. The number of nitrogens with one attached hydrogen (secondary N) is 2. The molecule has 0 aliphatic heterocycles. The Labute approximate surface area is 79.7 Å². The summed E-state index contributed by atoms with van der Waals surface area (Å²) in [6.45, 7) is 5.93. The number of likely N-dealkylation sites (N-methyl/N-ethyl adjacent to an activating group) is 1. The Morgan fingerprint density at radius 1 is 1.38 bits per heavy atom. The van der Waals surface area contributed by atoms with Crippen LogP contribution in [0.15, 0.2) is 0 Å². The van der Waals surface area contributed by atoms with Crippen LogP contribution in [-0.4, -0.2) is 36.8 Å². The molecule has 0 heterocycles. The Kier molecular flexibility index (Phi) is 5.66. The molecule has 2 atom stereocenters. The van der Waals surface area contributed by atoms with Gasteiger partial charge < -0.3 is 15.7 Å². The Bertz CT molecular complexity index is 160. The highest BCUT2D eigenvalue weighted by Gasteiger charge is 2.13. The number of amides is 1. The van der Waals surface area contributed by atoms with Crippen LogP contribution in [0.3, 0.4) is 0 Å². The molecule has 0 aliphatic carbocycles.